The van der Waals surface area contributed by atoms with Crippen molar-refractivity contribution >= 4 is 5.97 Å². The first-order chi connectivity index (χ1) is 5.26. The highest BCUT2D eigenvalue weighted by Gasteiger charge is 2.54. The largest absolute Gasteiger partial charge is 0.479 e. The van der Waals surface area contributed by atoms with Crippen LogP contribution in [0.4, 0.5) is 0 Å². The number of rotatable bonds is 2. The van der Waals surface area contributed by atoms with Crippen LogP contribution in [0.1, 0.15) is 25.7 Å². The number of ether oxygens (including phenoxy) is 1. The van der Waals surface area contributed by atoms with Crippen LogP contribution in [0.25, 0.3) is 0 Å². The molecule has 0 amide bonds. The predicted molar refractivity (Wildman–Crippen MR) is 38.3 cm³/mol. The summed E-state index contributed by atoms with van der Waals surface area (Å²) >= 11 is 0. The van der Waals surface area contributed by atoms with E-state index in [1.807, 2.05) is 0 Å². The second kappa shape index (κ2) is 2.21. The van der Waals surface area contributed by atoms with E-state index in [1.165, 1.54) is 0 Å². The molecule has 3 heteroatoms. The maximum absolute atomic E-state index is 10.9. The van der Waals surface area contributed by atoms with Gasteiger partial charge in [-0.15, -0.1) is 0 Å². The van der Waals surface area contributed by atoms with Crippen LogP contribution in [0.3, 0.4) is 0 Å². The number of hydrogen-bond acceptors (Lipinski definition) is 2. The fourth-order valence-electron chi connectivity index (χ4n) is 1.88. The van der Waals surface area contributed by atoms with Gasteiger partial charge in [-0.25, -0.2) is 4.79 Å². The SMILES string of the molecule is O=C(O)C1(C2CC2)CCCO1. The summed E-state index contributed by atoms with van der Waals surface area (Å²) in [7, 11) is 0. The zero-order chi connectivity index (χ0) is 7.90. The van der Waals surface area contributed by atoms with E-state index < -0.39 is 11.6 Å². The molecule has 3 nitrogen and oxygen atoms in total. The highest BCUT2D eigenvalue weighted by molar-refractivity contribution is 5.78. The molecule has 0 aromatic rings. The molecule has 2 aliphatic rings. The standard InChI is InChI=1S/C8H12O3/c9-7(10)8(6-2-3-6)4-1-5-11-8/h6H,1-5H2,(H,9,10). The summed E-state index contributed by atoms with van der Waals surface area (Å²) in [5, 5.41) is 8.95. The van der Waals surface area contributed by atoms with Gasteiger partial charge in [0.25, 0.3) is 0 Å². The molecule has 11 heavy (non-hydrogen) atoms. The monoisotopic (exact) mass is 156 g/mol. The zero-order valence-electron chi connectivity index (χ0n) is 6.38. The van der Waals surface area contributed by atoms with Gasteiger partial charge in [0.2, 0.25) is 0 Å². The van der Waals surface area contributed by atoms with Crippen molar-refractivity contribution in [1.29, 1.82) is 0 Å². The van der Waals surface area contributed by atoms with E-state index in [-0.39, 0.29) is 0 Å². The number of aliphatic carboxylic acids is 1. The van der Waals surface area contributed by atoms with Gasteiger partial charge in [0, 0.05) is 6.61 Å². The van der Waals surface area contributed by atoms with Crippen LogP contribution in [0.2, 0.25) is 0 Å². The highest BCUT2D eigenvalue weighted by atomic mass is 16.5. The Morgan fingerprint density at radius 1 is 1.55 bits per heavy atom. The molecule has 2 rings (SSSR count). The third-order valence-corrected chi connectivity index (χ3v) is 2.65. The van der Waals surface area contributed by atoms with Crippen LogP contribution in [-0.2, 0) is 9.53 Å². The van der Waals surface area contributed by atoms with Crippen molar-refractivity contribution in [2.24, 2.45) is 5.92 Å². The molecular formula is C8H12O3. The summed E-state index contributed by atoms with van der Waals surface area (Å²) in [5.74, 6) is -0.444. The average Bonchev–Trinajstić information content (AvgIpc) is 2.69. The lowest BCUT2D eigenvalue weighted by molar-refractivity contribution is -0.162. The van der Waals surface area contributed by atoms with Crippen molar-refractivity contribution in [3.63, 3.8) is 0 Å². The van der Waals surface area contributed by atoms with Gasteiger partial charge >= 0.3 is 5.97 Å². The van der Waals surface area contributed by atoms with Gasteiger partial charge in [0.15, 0.2) is 5.60 Å². The van der Waals surface area contributed by atoms with Crippen LogP contribution in [0.15, 0.2) is 0 Å². The van der Waals surface area contributed by atoms with Crippen LogP contribution in [0, 0.1) is 5.92 Å². The number of carboxylic acids is 1. The molecule has 0 radical (unpaired) electrons. The lowest BCUT2D eigenvalue weighted by Gasteiger charge is -2.22. The summed E-state index contributed by atoms with van der Waals surface area (Å²) < 4.78 is 5.33. The van der Waals surface area contributed by atoms with Gasteiger partial charge in [-0.2, -0.15) is 0 Å². The predicted octanol–water partition coefficient (Wildman–Crippen LogP) is 1.03. The van der Waals surface area contributed by atoms with Crippen molar-refractivity contribution < 1.29 is 14.6 Å². The molecular weight excluding hydrogens is 144 g/mol. The van der Waals surface area contributed by atoms with Gasteiger partial charge in [-0.05, 0) is 31.6 Å². The summed E-state index contributed by atoms with van der Waals surface area (Å²) in [4.78, 5) is 10.9. The van der Waals surface area contributed by atoms with Gasteiger partial charge in [0.05, 0.1) is 0 Å². The summed E-state index contributed by atoms with van der Waals surface area (Å²) in [6.07, 6.45) is 3.69. The Labute approximate surface area is 65.4 Å². The van der Waals surface area contributed by atoms with E-state index >= 15 is 0 Å². The van der Waals surface area contributed by atoms with Crippen molar-refractivity contribution in [3.05, 3.63) is 0 Å². The van der Waals surface area contributed by atoms with Gasteiger partial charge in [-0.1, -0.05) is 0 Å². The molecule has 1 unspecified atom stereocenters. The molecule has 0 bridgehead atoms. The van der Waals surface area contributed by atoms with Crippen LogP contribution in [-0.4, -0.2) is 23.3 Å². The van der Waals surface area contributed by atoms with Crippen molar-refractivity contribution in [3.8, 4) is 0 Å². The lowest BCUT2D eigenvalue weighted by atomic mass is 9.94. The molecule has 0 aromatic heterocycles. The smallest absolute Gasteiger partial charge is 0.336 e. The zero-order valence-corrected chi connectivity index (χ0v) is 6.38. The molecule has 1 N–H and O–H groups in total. The Kier molecular flexibility index (Phi) is 1.42. The maximum Gasteiger partial charge on any atom is 0.336 e. The van der Waals surface area contributed by atoms with Gasteiger partial charge in [-0.3, -0.25) is 0 Å². The van der Waals surface area contributed by atoms with E-state index in [1.54, 1.807) is 0 Å². The van der Waals surface area contributed by atoms with Crippen molar-refractivity contribution in [1.82, 2.24) is 0 Å². The fourth-order valence-corrected chi connectivity index (χ4v) is 1.88. The summed E-state index contributed by atoms with van der Waals surface area (Å²) in [6, 6.07) is 0. The number of hydrogen-bond donors (Lipinski definition) is 1. The quantitative estimate of drug-likeness (QED) is 0.649. The van der Waals surface area contributed by atoms with Crippen molar-refractivity contribution in [2.75, 3.05) is 6.61 Å². The van der Waals surface area contributed by atoms with E-state index in [0.29, 0.717) is 18.9 Å². The molecule has 1 atom stereocenters. The first-order valence-electron chi connectivity index (χ1n) is 4.13. The Balaban J connectivity index is 2.17. The molecule has 0 spiro atoms. The van der Waals surface area contributed by atoms with E-state index in [4.69, 9.17) is 9.84 Å². The second-order valence-corrected chi connectivity index (χ2v) is 3.42. The minimum Gasteiger partial charge on any atom is -0.479 e. The first-order valence-corrected chi connectivity index (χ1v) is 4.13. The molecule has 2 fully saturated rings. The number of carbonyl (C=O) groups is 1. The topological polar surface area (TPSA) is 46.5 Å². The third kappa shape index (κ3) is 0.948. The van der Waals surface area contributed by atoms with Crippen LogP contribution in [0.5, 0.6) is 0 Å². The minimum atomic E-state index is -0.778. The summed E-state index contributed by atoms with van der Waals surface area (Å²) in [5.41, 5.74) is -0.778. The lowest BCUT2D eigenvalue weighted by Crippen LogP contribution is -2.40. The Morgan fingerprint density at radius 2 is 2.27 bits per heavy atom. The molecule has 1 heterocycles. The van der Waals surface area contributed by atoms with E-state index in [0.717, 1.165) is 19.3 Å². The van der Waals surface area contributed by atoms with E-state index in [2.05, 4.69) is 0 Å². The average molecular weight is 156 g/mol. The Morgan fingerprint density at radius 3 is 2.64 bits per heavy atom. The Hall–Kier alpha value is -0.570. The highest BCUT2D eigenvalue weighted by Crippen LogP contribution is 2.47. The van der Waals surface area contributed by atoms with Crippen LogP contribution < -0.4 is 0 Å². The van der Waals surface area contributed by atoms with Gasteiger partial charge < -0.3 is 9.84 Å². The molecule has 1 aliphatic carbocycles. The second-order valence-electron chi connectivity index (χ2n) is 3.42. The molecule has 62 valence electrons. The van der Waals surface area contributed by atoms with E-state index in [9.17, 15) is 4.79 Å². The molecule has 1 saturated carbocycles. The fraction of sp³-hybridized carbons (Fsp3) is 0.875. The molecule has 1 saturated heterocycles. The number of carboxylic acid groups (broad SMARTS) is 1. The normalized spacial score (nSPS) is 37.5. The van der Waals surface area contributed by atoms with Gasteiger partial charge in [0.1, 0.15) is 0 Å². The first kappa shape index (κ1) is 7.10. The third-order valence-electron chi connectivity index (χ3n) is 2.65. The van der Waals surface area contributed by atoms with Crippen molar-refractivity contribution in [2.45, 2.75) is 31.3 Å². The summed E-state index contributed by atoms with van der Waals surface area (Å²) in [6.45, 7) is 0.628. The minimum absolute atomic E-state index is 0.308. The Bertz CT molecular complexity index is 178. The molecule has 0 aromatic carbocycles. The maximum atomic E-state index is 10.9. The van der Waals surface area contributed by atoms with Crippen LogP contribution >= 0.6 is 0 Å². The molecule has 1 aliphatic heterocycles.